The number of hydrogen-bond donors (Lipinski definition) is 1. The minimum absolute atomic E-state index is 0.667. The molecule has 0 atom stereocenters. The maximum absolute atomic E-state index is 5.87. The molecule has 5 heteroatoms. The van der Waals surface area contributed by atoms with Crippen LogP contribution in [0, 0.1) is 5.92 Å². The summed E-state index contributed by atoms with van der Waals surface area (Å²) in [5.74, 6) is 2.47. The fourth-order valence-corrected chi connectivity index (χ4v) is 3.95. The first-order valence-electron chi connectivity index (χ1n) is 8.84. The lowest BCUT2D eigenvalue weighted by atomic mass is 9.95. The molecule has 25 heavy (non-hydrogen) atoms. The predicted octanol–water partition coefficient (Wildman–Crippen LogP) is 4.86. The van der Waals surface area contributed by atoms with Crippen molar-refractivity contribution in [2.75, 3.05) is 19.7 Å². The fraction of sp³-hybridized carbons (Fsp3) is 0.350. The summed E-state index contributed by atoms with van der Waals surface area (Å²) >= 11 is 1.56. The first-order valence-corrected chi connectivity index (χ1v) is 9.65. The third kappa shape index (κ3) is 4.30. The van der Waals surface area contributed by atoms with Crippen molar-refractivity contribution < 1.29 is 9.47 Å². The Bertz CT molecular complexity index is 777. The van der Waals surface area contributed by atoms with Crippen molar-refractivity contribution >= 4 is 21.6 Å². The number of hydrogen-bond acceptors (Lipinski definition) is 5. The minimum Gasteiger partial charge on any atom is -0.494 e. The average Bonchev–Trinajstić information content (AvgIpc) is 3.06. The van der Waals surface area contributed by atoms with Crippen LogP contribution in [0.4, 0.5) is 0 Å². The zero-order chi connectivity index (χ0) is 16.9. The second-order valence-corrected chi connectivity index (χ2v) is 7.34. The Hall–Kier alpha value is -2.11. The van der Waals surface area contributed by atoms with Gasteiger partial charge in [0.15, 0.2) is 0 Å². The largest absolute Gasteiger partial charge is 0.494 e. The number of piperidine rings is 1. The molecule has 0 bridgehead atoms. The van der Waals surface area contributed by atoms with Crippen LogP contribution >= 0.6 is 11.3 Å². The fourth-order valence-electron chi connectivity index (χ4n) is 3.11. The molecular formula is C20H22N2O2S. The van der Waals surface area contributed by atoms with Gasteiger partial charge in [0.25, 0.3) is 5.19 Å². The summed E-state index contributed by atoms with van der Waals surface area (Å²) in [5, 5.41) is 4.07. The number of fused-ring (bicyclic) bond motifs is 1. The lowest BCUT2D eigenvalue weighted by molar-refractivity contribution is 0.251. The molecule has 4 rings (SSSR count). The second-order valence-electron chi connectivity index (χ2n) is 6.35. The number of nitrogens with one attached hydrogen (secondary N) is 1. The highest BCUT2D eigenvalue weighted by Crippen LogP contribution is 2.31. The lowest BCUT2D eigenvalue weighted by Gasteiger charge is -2.22. The Morgan fingerprint density at radius 3 is 2.56 bits per heavy atom. The van der Waals surface area contributed by atoms with E-state index in [4.69, 9.17) is 9.47 Å². The molecule has 1 aromatic heterocycles. The van der Waals surface area contributed by atoms with E-state index in [0.29, 0.717) is 5.19 Å². The second kappa shape index (κ2) is 7.85. The summed E-state index contributed by atoms with van der Waals surface area (Å²) in [7, 11) is 0. The minimum atomic E-state index is 0.667. The number of nitrogens with zero attached hydrogens (tertiary/aromatic N) is 1. The van der Waals surface area contributed by atoms with Crippen molar-refractivity contribution in [1.82, 2.24) is 10.3 Å². The van der Waals surface area contributed by atoms with Gasteiger partial charge in [-0.1, -0.05) is 23.5 Å². The average molecular weight is 354 g/mol. The molecule has 0 radical (unpaired) electrons. The van der Waals surface area contributed by atoms with Crippen molar-refractivity contribution in [2.45, 2.75) is 19.3 Å². The highest BCUT2D eigenvalue weighted by atomic mass is 32.1. The van der Waals surface area contributed by atoms with Gasteiger partial charge in [-0.2, -0.15) is 0 Å². The Morgan fingerprint density at radius 2 is 1.76 bits per heavy atom. The quantitative estimate of drug-likeness (QED) is 0.687. The van der Waals surface area contributed by atoms with Crippen molar-refractivity contribution in [3.05, 3.63) is 48.5 Å². The normalized spacial score (nSPS) is 15.4. The van der Waals surface area contributed by atoms with E-state index in [-0.39, 0.29) is 0 Å². The Balaban J connectivity index is 1.30. The lowest BCUT2D eigenvalue weighted by Crippen LogP contribution is -2.28. The van der Waals surface area contributed by atoms with E-state index in [2.05, 4.69) is 16.4 Å². The summed E-state index contributed by atoms with van der Waals surface area (Å²) in [6.45, 7) is 3.06. The van der Waals surface area contributed by atoms with Gasteiger partial charge in [0.05, 0.1) is 16.8 Å². The van der Waals surface area contributed by atoms with Crippen LogP contribution in [0.1, 0.15) is 19.3 Å². The Kier molecular flexibility index (Phi) is 5.14. The van der Waals surface area contributed by atoms with E-state index >= 15 is 0 Å². The van der Waals surface area contributed by atoms with Gasteiger partial charge in [-0.3, -0.25) is 0 Å². The molecule has 2 heterocycles. The van der Waals surface area contributed by atoms with E-state index in [1.54, 1.807) is 11.3 Å². The van der Waals surface area contributed by atoms with Gasteiger partial charge in [0.2, 0.25) is 0 Å². The molecular weight excluding hydrogens is 332 g/mol. The van der Waals surface area contributed by atoms with Crippen molar-refractivity contribution in [1.29, 1.82) is 0 Å². The zero-order valence-corrected chi connectivity index (χ0v) is 14.9. The van der Waals surface area contributed by atoms with E-state index in [1.165, 1.54) is 12.8 Å². The Labute approximate surface area is 151 Å². The molecule has 0 spiro atoms. The van der Waals surface area contributed by atoms with Gasteiger partial charge >= 0.3 is 0 Å². The number of thiazole rings is 1. The molecule has 0 amide bonds. The molecule has 1 N–H and O–H groups in total. The summed E-state index contributed by atoms with van der Waals surface area (Å²) in [5.41, 5.74) is 0.973. The van der Waals surface area contributed by atoms with Gasteiger partial charge in [-0.05, 0) is 74.7 Å². The standard InChI is InChI=1S/C20H22N2O2S/c1-2-4-19-18(3-1)22-20(25-19)24-17-7-5-16(6-8-17)23-14-11-15-9-12-21-13-10-15/h1-8,15,21H,9-14H2. The van der Waals surface area contributed by atoms with E-state index in [1.807, 2.05) is 42.5 Å². The third-order valence-electron chi connectivity index (χ3n) is 4.56. The van der Waals surface area contributed by atoms with E-state index in [0.717, 1.165) is 53.8 Å². The molecule has 4 nitrogen and oxygen atoms in total. The maximum atomic E-state index is 5.87. The molecule has 130 valence electrons. The van der Waals surface area contributed by atoms with Crippen LogP contribution in [0.3, 0.4) is 0 Å². The molecule has 2 aromatic carbocycles. The van der Waals surface area contributed by atoms with Gasteiger partial charge in [0, 0.05) is 0 Å². The molecule has 3 aromatic rings. The first-order chi connectivity index (χ1) is 12.4. The Morgan fingerprint density at radius 1 is 1.00 bits per heavy atom. The van der Waals surface area contributed by atoms with Gasteiger partial charge < -0.3 is 14.8 Å². The predicted molar refractivity (Wildman–Crippen MR) is 102 cm³/mol. The molecule has 0 aliphatic carbocycles. The van der Waals surface area contributed by atoms with E-state index in [9.17, 15) is 0 Å². The van der Waals surface area contributed by atoms with Crippen LogP contribution in [0.2, 0.25) is 0 Å². The third-order valence-corrected chi connectivity index (χ3v) is 5.47. The monoisotopic (exact) mass is 354 g/mol. The molecule has 1 saturated heterocycles. The highest BCUT2D eigenvalue weighted by Gasteiger charge is 2.12. The van der Waals surface area contributed by atoms with Gasteiger partial charge in [-0.25, -0.2) is 4.98 Å². The van der Waals surface area contributed by atoms with Gasteiger partial charge in [0.1, 0.15) is 11.5 Å². The SMILES string of the molecule is c1ccc2sc(Oc3ccc(OCCC4CCNCC4)cc3)nc2c1. The number of para-hydroxylation sites is 1. The van der Waals surface area contributed by atoms with Crippen molar-refractivity contribution in [3.63, 3.8) is 0 Å². The number of ether oxygens (including phenoxy) is 2. The summed E-state index contributed by atoms with van der Waals surface area (Å²) < 4.78 is 12.9. The van der Waals surface area contributed by atoms with Crippen LogP contribution in [0.5, 0.6) is 16.7 Å². The zero-order valence-electron chi connectivity index (χ0n) is 14.1. The van der Waals surface area contributed by atoms with Crippen LogP contribution in [0.15, 0.2) is 48.5 Å². The molecule has 0 saturated carbocycles. The van der Waals surface area contributed by atoms with Crippen LogP contribution < -0.4 is 14.8 Å². The summed E-state index contributed by atoms with van der Waals surface area (Å²) in [4.78, 5) is 4.49. The smallest absolute Gasteiger partial charge is 0.279 e. The maximum Gasteiger partial charge on any atom is 0.279 e. The number of benzene rings is 2. The van der Waals surface area contributed by atoms with Crippen LogP contribution in [-0.4, -0.2) is 24.7 Å². The van der Waals surface area contributed by atoms with Crippen LogP contribution in [0.25, 0.3) is 10.2 Å². The topological polar surface area (TPSA) is 43.4 Å². The highest BCUT2D eigenvalue weighted by molar-refractivity contribution is 7.20. The summed E-state index contributed by atoms with van der Waals surface area (Å²) in [6.07, 6.45) is 3.66. The van der Waals surface area contributed by atoms with Crippen molar-refractivity contribution in [2.24, 2.45) is 5.92 Å². The summed E-state index contributed by atoms with van der Waals surface area (Å²) in [6, 6.07) is 15.9. The van der Waals surface area contributed by atoms with Crippen molar-refractivity contribution in [3.8, 4) is 16.7 Å². The van der Waals surface area contributed by atoms with E-state index < -0.39 is 0 Å². The molecule has 1 aliphatic rings. The molecule has 0 unspecified atom stereocenters. The number of rotatable bonds is 6. The first kappa shape index (κ1) is 16.4. The molecule has 1 fully saturated rings. The number of aromatic nitrogens is 1. The van der Waals surface area contributed by atoms with Crippen LogP contribution in [-0.2, 0) is 0 Å². The van der Waals surface area contributed by atoms with Gasteiger partial charge in [-0.15, -0.1) is 0 Å². The molecule has 1 aliphatic heterocycles.